The molecule has 1 heterocycles. The smallest absolute Gasteiger partial charge is 0.243 e. The first-order valence-corrected chi connectivity index (χ1v) is 10.4. The number of benzene rings is 2. The van der Waals surface area contributed by atoms with E-state index < -0.39 is 5.60 Å². The SMILES string of the molecule is O=C(/C=C/c1cccnc1)NCCCCCC(O)(c1ccccc1)c1ccccc1. The van der Waals surface area contributed by atoms with Crippen LogP contribution in [-0.2, 0) is 10.4 Å². The van der Waals surface area contributed by atoms with Crippen molar-refractivity contribution in [3.05, 3.63) is 108 Å². The Morgan fingerprint density at radius 3 is 2.17 bits per heavy atom. The zero-order chi connectivity index (χ0) is 21.1. The van der Waals surface area contributed by atoms with E-state index in [1.54, 1.807) is 18.5 Å². The van der Waals surface area contributed by atoms with Gasteiger partial charge in [-0.15, -0.1) is 0 Å². The number of nitrogens with one attached hydrogen (secondary N) is 1. The largest absolute Gasteiger partial charge is 0.380 e. The fourth-order valence-corrected chi connectivity index (χ4v) is 3.48. The highest BCUT2D eigenvalue weighted by Crippen LogP contribution is 2.34. The van der Waals surface area contributed by atoms with Crippen molar-refractivity contribution in [1.82, 2.24) is 10.3 Å². The summed E-state index contributed by atoms with van der Waals surface area (Å²) >= 11 is 0. The van der Waals surface area contributed by atoms with Crippen molar-refractivity contribution >= 4 is 12.0 Å². The molecule has 0 aliphatic heterocycles. The van der Waals surface area contributed by atoms with E-state index in [0.29, 0.717) is 13.0 Å². The van der Waals surface area contributed by atoms with Crippen LogP contribution in [0.15, 0.2) is 91.3 Å². The molecule has 0 fully saturated rings. The van der Waals surface area contributed by atoms with Gasteiger partial charge in [0.1, 0.15) is 5.60 Å². The molecule has 3 aromatic rings. The number of nitrogens with zero attached hydrogens (tertiary/aromatic N) is 1. The van der Waals surface area contributed by atoms with Gasteiger partial charge in [0.2, 0.25) is 5.91 Å². The summed E-state index contributed by atoms with van der Waals surface area (Å²) in [5, 5.41) is 14.4. The van der Waals surface area contributed by atoms with E-state index in [-0.39, 0.29) is 5.91 Å². The Balaban J connectivity index is 1.46. The zero-order valence-electron chi connectivity index (χ0n) is 17.1. The summed E-state index contributed by atoms with van der Waals surface area (Å²) in [6.07, 6.45) is 9.99. The third-order valence-electron chi connectivity index (χ3n) is 5.13. The Bertz CT molecular complexity index is 886. The van der Waals surface area contributed by atoms with Gasteiger partial charge in [-0.3, -0.25) is 9.78 Å². The van der Waals surface area contributed by atoms with Gasteiger partial charge in [-0.2, -0.15) is 0 Å². The van der Waals surface area contributed by atoms with Gasteiger partial charge in [-0.1, -0.05) is 73.2 Å². The molecule has 0 saturated heterocycles. The molecule has 0 unspecified atom stereocenters. The molecule has 0 spiro atoms. The second kappa shape index (κ2) is 11.1. The summed E-state index contributed by atoms with van der Waals surface area (Å²) in [4.78, 5) is 15.9. The van der Waals surface area contributed by atoms with E-state index in [1.807, 2.05) is 72.8 Å². The van der Waals surface area contributed by atoms with Crippen LogP contribution < -0.4 is 5.32 Å². The van der Waals surface area contributed by atoms with Crippen LogP contribution in [0.3, 0.4) is 0 Å². The Morgan fingerprint density at radius 1 is 0.900 bits per heavy atom. The first-order chi connectivity index (χ1) is 14.7. The Morgan fingerprint density at radius 2 is 1.57 bits per heavy atom. The molecule has 2 N–H and O–H groups in total. The Labute approximate surface area is 178 Å². The van der Waals surface area contributed by atoms with Crippen molar-refractivity contribution in [2.24, 2.45) is 0 Å². The molecule has 1 amide bonds. The summed E-state index contributed by atoms with van der Waals surface area (Å²) in [5.74, 6) is -0.107. The van der Waals surface area contributed by atoms with E-state index in [9.17, 15) is 9.90 Å². The first kappa shape index (κ1) is 21.5. The van der Waals surface area contributed by atoms with E-state index in [0.717, 1.165) is 36.0 Å². The molecule has 4 heteroatoms. The Hall–Kier alpha value is -3.24. The number of pyridine rings is 1. The van der Waals surface area contributed by atoms with Crippen LogP contribution in [0.25, 0.3) is 6.08 Å². The second-order valence-corrected chi connectivity index (χ2v) is 7.31. The molecule has 30 heavy (non-hydrogen) atoms. The maximum atomic E-state index is 11.9. The van der Waals surface area contributed by atoms with Crippen molar-refractivity contribution in [3.8, 4) is 0 Å². The minimum Gasteiger partial charge on any atom is -0.380 e. The van der Waals surface area contributed by atoms with Crippen molar-refractivity contribution in [2.45, 2.75) is 31.3 Å². The fourth-order valence-electron chi connectivity index (χ4n) is 3.48. The molecular weight excluding hydrogens is 372 g/mol. The predicted molar refractivity (Wildman–Crippen MR) is 121 cm³/mol. The highest BCUT2D eigenvalue weighted by molar-refractivity contribution is 5.91. The fraction of sp³-hybridized carbons (Fsp3) is 0.231. The van der Waals surface area contributed by atoms with Crippen molar-refractivity contribution in [2.75, 3.05) is 6.54 Å². The minimum absolute atomic E-state index is 0.107. The standard InChI is InChI=1S/C26H28N2O2/c29-25(17-16-22-11-10-19-27-21-22)28-20-9-3-8-18-26(30,23-12-4-1-5-13-23)24-14-6-2-7-15-24/h1-2,4-7,10-17,19,21,30H,3,8-9,18,20H2,(H,28,29)/b17-16+. The quantitative estimate of drug-likeness (QED) is 0.383. The molecule has 2 aromatic carbocycles. The number of hydrogen-bond acceptors (Lipinski definition) is 3. The molecule has 0 radical (unpaired) electrons. The molecule has 0 atom stereocenters. The number of aliphatic hydroxyl groups is 1. The lowest BCUT2D eigenvalue weighted by atomic mass is 9.82. The summed E-state index contributed by atoms with van der Waals surface area (Å²) in [6.45, 7) is 0.616. The summed E-state index contributed by atoms with van der Waals surface area (Å²) in [6, 6.07) is 23.4. The molecule has 4 nitrogen and oxygen atoms in total. The predicted octanol–water partition coefficient (Wildman–Crippen LogP) is 4.71. The van der Waals surface area contributed by atoms with Crippen LogP contribution in [-0.4, -0.2) is 22.5 Å². The number of unbranched alkanes of at least 4 members (excludes halogenated alkanes) is 2. The third-order valence-corrected chi connectivity index (χ3v) is 5.13. The lowest BCUT2D eigenvalue weighted by Crippen LogP contribution is -2.27. The van der Waals surface area contributed by atoms with Crippen molar-refractivity contribution in [1.29, 1.82) is 0 Å². The van der Waals surface area contributed by atoms with Gasteiger partial charge in [-0.25, -0.2) is 0 Å². The van der Waals surface area contributed by atoms with Gasteiger partial charge in [0, 0.05) is 25.0 Å². The van der Waals surface area contributed by atoms with E-state index in [2.05, 4.69) is 10.3 Å². The molecule has 0 saturated carbocycles. The molecule has 0 aliphatic carbocycles. The number of amides is 1. The topological polar surface area (TPSA) is 62.2 Å². The highest BCUT2D eigenvalue weighted by Gasteiger charge is 2.30. The molecular formula is C26H28N2O2. The van der Waals surface area contributed by atoms with Gasteiger partial charge in [-0.05, 0) is 48.1 Å². The highest BCUT2D eigenvalue weighted by atomic mass is 16.3. The minimum atomic E-state index is -1.00. The maximum Gasteiger partial charge on any atom is 0.243 e. The monoisotopic (exact) mass is 400 g/mol. The van der Waals surface area contributed by atoms with E-state index in [1.165, 1.54) is 6.08 Å². The summed E-state index contributed by atoms with van der Waals surface area (Å²) in [7, 11) is 0. The summed E-state index contributed by atoms with van der Waals surface area (Å²) in [5.41, 5.74) is 1.71. The van der Waals surface area contributed by atoms with E-state index >= 15 is 0 Å². The van der Waals surface area contributed by atoms with Crippen LogP contribution in [0, 0.1) is 0 Å². The first-order valence-electron chi connectivity index (χ1n) is 10.4. The molecule has 3 rings (SSSR count). The number of aromatic nitrogens is 1. The number of carbonyl (C=O) groups excluding carboxylic acids is 1. The number of carbonyl (C=O) groups is 1. The van der Waals surface area contributed by atoms with Gasteiger partial charge < -0.3 is 10.4 Å². The van der Waals surface area contributed by atoms with E-state index in [4.69, 9.17) is 0 Å². The van der Waals surface area contributed by atoms with Gasteiger partial charge in [0.05, 0.1) is 0 Å². The van der Waals surface area contributed by atoms with Crippen LogP contribution in [0.2, 0.25) is 0 Å². The third kappa shape index (κ3) is 6.13. The molecule has 0 bridgehead atoms. The maximum absolute atomic E-state index is 11.9. The molecule has 0 aliphatic rings. The average Bonchev–Trinajstić information content (AvgIpc) is 2.81. The second-order valence-electron chi connectivity index (χ2n) is 7.31. The van der Waals surface area contributed by atoms with Crippen molar-refractivity contribution in [3.63, 3.8) is 0 Å². The van der Waals surface area contributed by atoms with Crippen LogP contribution >= 0.6 is 0 Å². The van der Waals surface area contributed by atoms with Crippen LogP contribution in [0.4, 0.5) is 0 Å². The Kier molecular flexibility index (Phi) is 7.93. The van der Waals surface area contributed by atoms with Gasteiger partial charge in [0.25, 0.3) is 0 Å². The normalized spacial score (nSPS) is 11.5. The van der Waals surface area contributed by atoms with Crippen molar-refractivity contribution < 1.29 is 9.90 Å². The van der Waals surface area contributed by atoms with Crippen LogP contribution in [0.1, 0.15) is 42.4 Å². The molecule has 154 valence electrons. The lowest BCUT2D eigenvalue weighted by molar-refractivity contribution is -0.116. The lowest BCUT2D eigenvalue weighted by Gasteiger charge is -2.29. The number of rotatable bonds is 10. The zero-order valence-corrected chi connectivity index (χ0v) is 17.1. The van der Waals surface area contributed by atoms with Gasteiger partial charge in [0.15, 0.2) is 0 Å². The number of hydrogen-bond donors (Lipinski definition) is 2. The average molecular weight is 401 g/mol. The van der Waals surface area contributed by atoms with Crippen LogP contribution in [0.5, 0.6) is 0 Å². The molecule has 1 aromatic heterocycles. The van der Waals surface area contributed by atoms with Gasteiger partial charge >= 0.3 is 0 Å². The summed E-state index contributed by atoms with van der Waals surface area (Å²) < 4.78 is 0.